The lowest BCUT2D eigenvalue weighted by molar-refractivity contribution is 0.489. The van der Waals surface area contributed by atoms with Crippen molar-refractivity contribution < 1.29 is 8.85 Å². The molecule has 0 bridgehead atoms. The summed E-state index contributed by atoms with van der Waals surface area (Å²) >= 11 is 0. The van der Waals surface area contributed by atoms with Gasteiger partial charge in [-0.3, -0.25) is 0 Å². The molecule has 1 aliphatic heterocycles. The van der Waals surface area contributed by atoms with Gasteiger partial charge in [-0.2, -0.15) is 0 Å². The smallest absolute Gasteiger partial charge is 0.444 e. The minimum Gasteiger partial charge on any atom is -0.511 e. The van der Waals surface area contributed by atoms with Gasteiger partial charge in [0.05, 0.1) is 0 Å². The van der Waals surface area contributed by atoms with Crippen LogP contribution in [0.25, 0.3) is 0 Å². The van der Waals surface area contributed by atoms with E-state index in [4.69, 9.17) is 8.85 Å². The molecular formula is C12H18O2Si. The number of fused-ring (bicyclic) bond motifs is 1. The van der Waals surface area contributed by atoms with E-state index < -0.39 is 9.28 Å². The molecule has 0 radical (unpaired) electrons. The van der Waals surface area contributed by atoms with Crippen molar-refractivity contribution in [1.29, 1.82) is 0 Å². The van der Waals surface area contributed by atoms with Crippen molar-refractivity contribution in [3.63, 3.8) is 0 Å². The van der Waals surface area contributed by atoms with Crippen LogP contribution in [0.15, 0.2) is 24.3 Å². The fourth-order valence-corrected chi connectivity index (χ4v) is 3.67. The molecule has 1 aliphatic rings. The van der Waals surface area contributed by atoms with Crippen LogP contribution in [-0.4, -0.2) is 9.28 Å². The zero-order valence-corrected chi connectivity index (χ0v) is 10.4. The molecule has 3 heteroatoms. The molecule has 0 atom stereocenters. The first-order chi connectivity index (χ1) is 7.40. The highest BCUT2D eigenvalue weighted by Crippen LogP contribution is 2.33. The van der Waals surface area contributed by atoms with Crippen LogP contribution in [0.2, 0.25) is 6.04 Å². The molecule has 0 saturated heterocycles. The lowest BCUT2D eigenvalue weighted by Crippen LogP contribution is -2.23. The SMILES string of the molecule is CCCCCC[SiH]1Oc2ccccc2O1. The third kappa shape index (κ3) is 2.75. The van der Waals surface area contributed by atoms with Gasteiger partial charge in [-0.15, -0.1) is 0 Å². The monoisotopic (exact) mass is 222 g/mol. The predicted octanol–water partition coefficient (Wildman–Crippen LogP) is 3.26. The Kier molecular flexibility index (Phi) is 3.67. The van der Waals surface area contributed by atoms with Crippen LogP contribution < -0.4 is 8.85 Å². The predicted molar refractivity (Wildman–Crippen MR) is 63.8 cm³/mol. The number of rotatable bonds is 5. The van der Waals surface area contributed by atoms with Gasteiger partial charge in [0.1, 0.15) is 11.5 Å². The molecule has 2 rings (SSSR count). The van der Waals surface area contributed by atoms with Gasteiger partial charge in [0.2, 0.25) is 0 Å². The number of hydrogen-bond donors (Lipinski definition) is 0. The summed E-state index contributed by atoms with van der Waals surface area (Å²) in [6.07, 6.45) is 5.17. The van der Waals surface area contributed by atoms with Gasteiger partial charge in [-0.25, -0.2) is 0 Å². The summed E-state index contributed by atoms with van der Waals surface area (Å²) in [5.74, 6) is 1.90. The molecule has 0 aliphatic carbocycles. The largest absolute Gasteiger partial charge is 0.511 e. The van der Waals surface area contributed by atoms with Crippen molar-refractivity contribution >= 4 is 9.28 Å². The maximum Gasteiger partial charge on any atom is 0.444 e. The highest BCUT2D eigenvalue weighted by Gasteiger charge is 2.25. The molecule has 82 valence electrons. The Hall–Kier alpha value is -0.963. The van der Waals surface area contributed by atoms with E-state index >= 15 is 0 Å². The van der Waals surface area contributed by atoms with Crippen LogP contribution in [0.1, 0.15) is 32.6 Å². The van der Waals surface area contributed by atoms with Crippen molar-refractivity contribution in [2.75, 3.05) is 0 Å². The van der Waals surface area contributed by atoms with E-state index in [2.05, 4.69) is 6.92 Å². The Morgan fingerprint density at radius 1 is 1.00 bits per heavy atom. The topological polar surface area (TPSA) is 18.5 Å². The van der Waals surface area contributed by atoms with Crippen LogP contribution in [0.3, 0.4) is 0 Å². The second-order valence-electron chi connectivity index (χ2n) is 3.96. The zero-order chi connectivity index (χ0) is 10.5. The first-order valence-electron chi connectivity index (χ1n) is 5.82. The molecule has 15 heavy (non-hydrogen) atoms. The molecule has 0 saturated carbocycles. The van der Waals surface area contributed by atoms with E-state index in [0.717, 1.165) is 17.5 Å². The van der Waals surface area contributed by atoms with Gasteiger partial charge >= 0.3 is 9.28 Å². The summed E-state index contributed by atoms with van der Waals surface area (Å²) in [6, 6.07) is 9.11. The van der Waals surface area contributed by atoms with Crippen molar-refractivity contribution in [3.05, 3.63) is 24.3 Å². The first kappa shape index (κ1) is 10.6. The average Bonchev–Trinajstić information content (AvgIpc) is 2.67. The molecule has 0 fully saturated rings. The number of hydrogen-bond acceptors (Lipinski definition) is 2. The minimum absolute atomic E-state index is 0.949. The van der Waals surface area contributed by atoms with E-state index in [9.17, 15) is 0 Å². The van der Waals surface area contributed by atoms with E-state index in [1.165, 1.54) is 25.7 Å². The van der Waals surface area contributed by atoms with E-state index in [1.807, 2.05) is 24.3 Å². The summed E-state index contributed by atoms with van der Waals surface area (Å²) in [6.45, 7) is 2.23. The molecular weight excluding hydrogens is 204 g/mol. The normalized spacial score (nSPS) is 14.5. The zero-order valence-electron chi connectivity index (χ0n) is 9.24. The van der Waals surface area contributed by atoms with Crippen LogP contribution in [-0.2, 0) is 0 Å². The third-order valence-electron chi connectivity index (χ3n) is 2.66. The van der Waals surface area contributed by atoms with Crippen molar-refractivity contribution in [1.82, 2.24) is 0 Å². The second kappa shape index (κ2) is 5.21. The van der Waals surface area contributed by atoms with Crippen molar-refractivity contribution in [2.45, 2.75) is 38.7 Å². The lowest BCUT2D eigenvalue weighted by Gasteiger charge is -2.06. The van der Waals surface area contributed by atoms with Gasteiger partial charge in [-0.05, 0) is 18.6 Å². The molecule has 0 N–H and O–H groups in total. The van der Waals surface area contributed by atoms with Crippen LogP contribution in [0.5, 0.6) is 11.5 Å². The number of para-hydroxylation sites is 2. The lowest BCUT2D eigenvalue weighted by atomic mass is 10.2. The van der Waals surface area contributed by atoms with Gasteiger partial charge in [-0.1, -0.05) is 38.3 Å². The van der Waals surface area contributed by atoms with Gasteiger partial charge in [0, 0.05) is 6.04 Å². The van der Waals surface area contributed by atoms with Gasteiger partial charge in [0.25, 0.3) is 0 Å². The molecule has 1 heterocycles. The second-order valence-corrected chi connectivity index (χ2v) is 5.87. The highest BCUT2D eigenvalue weighted by atomic mass is 28.3. The molecule has 0 aromatic heterocycles. The van der Waals surface area contributed by atoms with Crippen LogP contribution in [0.4, 0.5) is 0 Å². The van der Waals surface area contributed by atoms with E-state index in [-0.39, 0.29) is 0 Å². The molecule has 0 unspecified atom stereocenters. The fourth-order valence-electron chi connectivity index (χ4n) is 1.81. The Labute approximate surface area is 93.1 Å². The Balaban J connectivity index is 1.76. The first-order valence-corrected chi connectivity index (χ1v) is 7.58. The minimum atomic E-state index is -1.41. The van der Waals surface area contributed by atoms with Gasteiger partial charge < -0.3 is 8.85 Å². The molecule has 2 nitrogen and oxygen atoms in total. The summed E-state index contributed by atoms with van der Waals surface area (Å²) < 4.78 is 11.6. The summed E-state index contributed by atoms with van der Waals surface area (Å²) in [5.41, 5.74) is 0. The summed E-state index contributed by atoms with van der Waals surface area (Å²) in [5, 5.41) is 0. The van der Waals surface area contributed by atoms with Crippen molar-refractivity contribution in [2.24, 2.45) is 0 Å². The van der Waals surface area contributed by atoms with Crippen LogP contribution >= 0.6 is 0 Å². The molecule has 1 aromatic carbocycles. The molecule has 0 spiro atoms. The number of unbranched alkanes of at least 4 members (excludes halogenated alkanes) is 3. The van der Waals surface area contributed by atoms with Gasteiger partial charge in [0.15, 0.2) is 0 Å². The highest BCUT2D eigenvalue weighted by molar-refractivity contribution is 6.47. The quantitative estimate of drug-likeness (QED) is 0.562. The maximum absolute atomic E-state index is 5.80. The van der Waals surface area contributed by atoms with E-state index in [1.54, 1.807) is 0 Å². The maximum atomic E-state index is 5.80. The Bertz CT molecular complexity index is 289. The average molecular weight is 222 g/mol. The Morgan fingerprint density at radius 3 is 2.27 bits per heavy atom. The van der Waals surface area contributed by atoms with Crippen LogP contribution in [0, 0.1) is 0 Å². The fraction of sp³-hybridized carbons (Fsp3) is 0.500. The molecule has 0 amide bonds. The standard InChI is InChI=1S/C12H18O2Si/c1-2-3-4-7-10-15-13-11-8-5-6-9-12(11)14-15/h5-6,8-9,15H,2-4,7,10H2,1H3. The number of benzene rings is 1. The van der Waals surface area contributed by atoms with Crippen molar-refractivity contribution in [3.8, 4) is 11.5 Å². The third-order valence-corrected chi connectivity index (χ3v) is 4.57. The molecule has 1 aromatic rings. The summed E-state index contributed by atoms with van der Waals surface area (Å²) in [4.78, 5) is 0. The summed E-state index contributed by atoms with van der Waals surface area (Å²) in [7, 11) is -1.41. The van der Waals surface area contributed by atoms with E-state index in [0.29, 0.717) is 0 Å². The Morgan fingerprint density at radius 2 is 1.67 bits per heavy atom.